The standard InChI is InChI=1S/C27H34N2O10/c1-2-37-19-5-3-4-17(25(19)39-27-24(34)23(33)22(32)20(15-30)38-27)14-21(31)28-18-8-6-16(7-9-18)26(35)29-10-12-36-13-11-29/h3-9,20,22-24,27,30,32-34H,2,10-15H2,1H3,(H,28,31). The SMILES string of the molecule is CCOc1cccc(CC(=O)Nc2ccc(C(=O)N3CCOCC3)cc2)c1OC1OC(CO)C(O)C(O)C1O. The van der Waals surface area contributed by atoms with Crippen LogP contribution in [-0.2, 0) is 20.7 Å². The van der Waals surface area contributed by atoms with Crippen molar-refractivity contribution in [2.45, 2.75) is 44.1 Å². The predicted octanol–water partition coefficient (Wildman–Crippen LogP) is -0.0824. The van der Waals surface area contributed by atoms with Crippen LogP contribution < -0.4 is 14.8 Å². The van der Waals surface area contributed by atoms with Gasteiger partial charge in [-0.25, -0.2) is 0 Å². The van der Waals surface area contributed by atoms with Crippen LogP contribution in [0.25, 0.3) is 0 Å². The molecule has 212 valence electrons. The lowest BCUT2D eigenvalue weighted by Crippen LogP contribution is -2.60. The molecule has 5 N–H and O–H groups in total. The van der Waals surface area contributed by atoms with E-state index in [1.807, 2.05) is 0 Å². The highest BCUT2D eigenvalue weighted by atomic mass is 16.7. The molecule has 0 radical (unpaired) electrons. The summed E-state index contributed by atoms with van der Waals surface area (Å²) in [4.78, 5) is 27.3. The molecule has 12 nitrogen and oxygen atoms in total. The Bertz CT molecular complexity index is 1120. The van der Waals surface area contributed by atoms with E-state index in [0.29, 0.717) is 43.1 Å². The number of hydrogen-bond donors (Lipinski definition) is 5. The number of hydrogen-bond acceptors (Lipinski definition) is 10. The van der Waals surface area contributed by atoms with Crippen LogP contribution in [0, 0.1) is 0 Å². The van der Waals surface area contributed by atoms with Crippen LogP contribution in [-0.4, -0.2) is 107 Å². The fourth-order valence-electron chi connectivity index (χ4n) is 4.41. The number of aliphatic hydroxyl groups excluding tert-OH is 4. The number of anilines is 1. The van der Waals surface area contributed by atoms with Crippen LogP contribution in [0.5, 0.6) is 11.5 Å². The number of nitrogens with one attached hydrogen (secondary N) is 1. The molecule has 0 aromatic heterocycles. The Balaban J connectivity index is 1.46. The number of amides is 2. The van der Waals surface area contributed by atoms with Crippen molar-refractivity contribution in [2.24, 2.45) is 0 Å². The lowest BCUT2D eigenvalue weighted by molar-refractivity contribution is -0.277. The van der Waals surface area contributed by atoms with E-state index in [0.717, 1.165) is 0 Å². The summed E-state index contributed by atoms with van der Waals surface area (Å²) in [7, 11) is 0. The normalized spacial score (nSPS) is 25.2. The van der Waals surface area contributed by atoms with Gasteiger partial charge in [-0.15, -0.1) is 0 Å². The van der Waals surface area contributed by atoms with Crippen LogP contribution >= 0.6 is 0 Å². The number of rotatable bonds is 9. The number of nitrogens with zero attached hydrogens (tertiary/aromatic N) is 1. The molecule has 2 heterocycles. The maximum absolute atomic E-state index is 12.9. The summed E-state index contributed by atoms with van der Waals surface area (Å²) < 4.78 is 22.3. The molecule has 2 aliphatic heterocycles. The molecule has 2 aromatic carbocycles. The minimum atomic E-state index is -1.63. The van der Waals surface area contributed by atoms with E-state index in [1.54, 1.807) is 54.3 Å². The second-order valence-electron chi connectivity index (χ2n) is 9.20. The molecule has 39 heavy (non-hydrogen) atoms. The van der Waals surface area contributed by atoms with E-state index in [4.69, 9.17) is 18.9 Å². The molecule has 5 unspecified atom stereocenters. The second kappa shape index (κ2) is 13.2. The maximum atomic E-state index is 12.9. The number of para-hydroxylation sites is 1. The van der Waals surface area contributed by atoms with E-state index in [1.165, 1.54) is 0 Å². The second-order valence-corrected chi connectivity index (χ2v) is 9.20. The minimum Gasteiger partial charge on any atom is -0.490 e. The summed E-state index contributed by atoms with van der Waals surface area (Å²) in [6.45, 7) is 3.53. The van der Waals surface area contributed by atoms with Gasteiger partial charge in [0.25, 0.3) is 5.91 Å². The Hall–Kier alpha value is -3.26. The van der Waals surface area contributed by atoms with Gasteiger partial charge >= 0.3 is 0 Å². The number of aliphatic hydroxyl groups is 4. The van der Waals surface area contributed by atoms with E-state index < -0.39 is 37.3 Å². The number of benzene rings is 2. The Kier molecular flexibility index (Phi) is 9.73. The quantitative estimate of drug-likeness (QED) is 0.287. The molecule has 2 aromatic rings. The van der Waals surface area contributed by atoms with Crippen molar-refractivity contribution in [3.8, 4) is 11.5 Å². The molecule has 0 aliphatic carbocycles. The number of ether oxygens (including phenoxy) is 4. The summed E-state index contributed by atoms with van der Waals surface area (Å²) in [6, 6.07) is 11.5. The van der Waals surface area contributed by atoms with Crippen molar-refractivity contribution in [1.82, 2.24) is 4.90 Å². The van der Waals surface area contributed by atoms with Crippen molar-refractivity contribution >= 4 is 17.5 Å². The summed E-state index contributed by atoms with van der Waals surface area (Å²) in [5.41, 5.74) is 1.42. The largest absolute Gasteiger partial charge is 0.490 e. The van der Waals surface area contributed by atoms with Crippen molar-refractivity contribution in [3.05, 3.63) is 53.6 Å². The molecular formula is C27H34N2O10. The van der Waals surface area contributed by atoms with Gasteiger partial charge < -0.3 is 49.6 Å². The van der Waals surface area contributed by atoms with Gasteiger partial charge in [-0.05, 0) is 37.3 Å². The average molecular weight is 547 g/mol. The zero-order valence-corrected chi connectivity index (χ0v) is 21.6. The summed E-state index contributed by atoms with van der Waals surface area (Å²) in [6.07, 6.45) is -7.52. The van der Waals surface area contributed by atoms with E-state index in [-0.39, 0.29) is 36.3 Å². The van der Waals surface area contributed by atoms with Crippen molar-refractivity contribution < 1.29 is 49.0 Å². The fourth-order valence-corrected chi connectivity index (χ4v) is 4.41. The first-order valence-electron chi connectivity index (χ1n) is 12.8. The van der Waals surface area contributed by atoms with Crippen LogP contribution in [0.3, 0.4) is 0 Å². The highest BCUT2D eigenvalue weighted by Crippen LogP contribution is 2.35. The molecular weight excluding hydrogens is 512 g/mol. The van der Waals surface area contributed by atoms with E-state index in [9.17, 15) is 30.0 Å². The van der Waals surface area contributed by atoms with Gasteiger partial charge in [0, 0.05) is 29.9 Å². The minimum absolute atomic E-state index is 0.0982. The molecule has 0 saturated carbocycles. The van der Waals surface area contributed by atoms with Gasteiger partial charge in [0.2, 0.25) is 12.2 Å². The van der Waals surface area contributed by atoms with E-state index in [2.05, 4.69) is 5.32 Å². The Morgan fingerprint density at radius 1 is 1.03 bits per heavy atom. The lowest BCUT2D eigenvalue weighted by Gasteiger charge is -2.39. The monoisotopic (exact) mass is 546 g/mol. The molecule has 12 heteroatoms. The van der Waals surface area contributed by atoms with Crippen molar-refractivity contribution in [2.75, 3.05) is 44.8 Å². The third-order valence-corrected chi connectivity index (χ3v) is 6.51. The molecule has 0 spiro atoms. The molecule has 5 atom stereocenters. The molecule has 0 bridgehead atoms. The van der Waals surface area contributed by atoms with Crippen LogP contribution in [0.15, 0.2) is 42.5 Å². The summed E-state index contributed by atoms with van der Waals surface area (Å²) >= 11 is 0. The summed E-state index contributed by atoms with van der Waals surface area (Å²) in [5.74, 6) is -0.0792. The first-order chi connectivity index (χ1) is 18.8. The highest BCUT2D eigenvalue weighted by Gasteiger charge is 2.45. The van der Waals surface area contributed by atoms with Crippen LogP contribution in [0.4, 0.5) is 5.69 Å². The summed E-state index contributed by atoms with van der Waals surface area (Å²) in [5, 5.41) is 42.9. The van der Waals surface area contributed by atoms with Gasteiger partial charge in [0.05, 0.1) is 32.8 Å². The van der Waals surface area contributed by atoms with Gasteiger partial charge in [-0.3, -0.25) is 9.59 Å². The third kappa shape index (κ3) is 6.85. The van der Waals surface area contributed by atoms with Gasteiger partial charge in [0.1, 0.15) is 24.4 Å². The lowest BCUT2D eigenvalue weighted by atomic mass is 9.99. The number of morpholine rings is 1. The Morgan fingerprint density at radius 3 is 2.41 bits per heavy atom. The smallest absolute Gasteiger partial charge is 0.254 e. The van der Waals surface area contributed by atoms with Gasteiger partial charge in [-0.1, -0.05) is 12.1 Å². The first kappa shape index (κ1) is 28.7. The van der Waals surface area contributed by atoms with Crippen LogP contribution in [0.2, 0.25) is 0 Å². The van der Waals surface area contributed by atoms with Gasteiger partial charge in [-0.2, -0.15) is 0 Å². The number of carbonyl (C=O) groups is 2. The Labute approximate surface area is 225 Å². The van der Waals surface area contributed by atoms with Crippen molar-refractivity contribution in [3.63, 3.8) is 0 Å². The zero-order chi connectivity index (χ0) is 27.9. The van der Waals surface area contributed by atoms with Crippen molar-refractivity contribution in [1.29, 1.82) is 0 Å². The molecule has 4 rings (SSSR count). The molecule has 2 fully saturated rings. The average Bonchev–Trinajstić information content (AvgIpc) is 2.95. The zero-order valence-electron chi connectivity index (χ0n) is 21.6. The third-order valence-electron chi connectivity index (χ3n) is 6.51. The topological polar surface area (TPSA) is 167 Å². The maximum Gasteiger partial charge on any atom is 0.254 e. The molecule has 2 amide bonds. The number of carbonyl (C=O) groups excluding carboxylic acids is 2. The molecule has 2 aliphatic rings. The van der Waals surface area contributed by atoms with Gasteiger partial charge in [0.15, 0.2) is 11.5 Å². The molecule has 2 saturated heterocycles. The first-order valence-corrected chi connectivity index (χ1v) is 12.8. The highest BCUT2D eigenvalue weighted by molar-refractivity contribution is 5.96. The van der Waals surface area contributed by atoms with E-state index >= 15 is 0 Å². The Morgan fingerprint density at radius 2 is 1.74 bits per heavy atom. The predicted molar refractivity (Wildman–Crippen MR) is 138 cm³/mol. The fraction of sp³-hybridized carbons (Fsp3) is 0.481. The van der Waals surface area contributed by atoms with Crippen LogP contribution in [0.1, 0.15) is 22.8 Å².